The van der Waals surface area contributed by atoms with Gasteiger partial charge >= 0.3 is 0 Å². The number of carbonyl (C=O) groups is 1. The second kappa shape index (κ2) is 12.0. The zero-order chi connectivity index (χ0) is 26.2. The first kappa shape index (κ1) is 25.7. The highest BCUT2D eigenvalue weighted by atomic mass is 16.3. The quantitative estimate of drug-likeness (QED) is 0.183. The molecule has 0 bridgehead atoms. The van der Waals surface area contributed by atoms with E-state index in [0.29, 0.717) is 25.1 Å². The number of benzene rings is 4. The van der Waals surface area contributed by atoms with Crippen LogP contribution in [0.25, 0.3) is 0 Å². The van der Waals surface area contributed by atoms with Gasteiger partial charge in [0, 0.05) is 24.6 Å². The molecule has 6 nitrogen and oxygen atoms in total. The Morgan fingerprint density at radius 1 is 0.784 bits per heavy atom. The fourth-order valence-corrected chi connectivity index (χ4v) is 4.65. The van der Waals surface area contributed by atoms with E-state index >= 15 is 0 Å². The normalized spacial score (nSPS) is 11.9. The number of hydrogen-bond acceptors (Lipinski definition) is 4. The van der Waals surface area contributed by atoms with Gasteiger partial charge in [0.15, 0.2) is 0 Å². The van der Waals surface area contributed by atoms with Crippen LogP contribution in [-0.2, 0) is 17.8 Å². The average molecular weight is 493 g/mol. The number of phenolic OH excluding ortho intramolecular Hbond substituents is 1. The molecule has 1 atom stereocenters. The van der Waals surface area contributed by atoms with Gasteiger partial charge < -0.3 is 16.6 Å². The molecule has 0 spiro atoms. The number of primary amides is 1. The number of hydrogen-bond donors (Lipinski definition) is 4. The molecule has 0 fully saturated rings. The number of aromatic hydroxyl groups is 1. The molecule has 6 heteroatoms. The Balaban J connectivity index is 1.73. The van der Waals surface area contributed by atoms with Gasteiger partial charge in [-0.1, -0.05) is 91.0 Å². The number of amidine groups is 1. The summed E-state index contributed by atoms with van der Waals surface area (Å²) in [6.45, 7) is 1.02. The van der Waals surface area contributed by atoms with Crippen molar-refractivity contribution in [3.63, 3.8) is 0 Å². The van der Waals surface area contributed by atoms with Gasteiger partial charge in [-0.2, -0.15) is 0 Å². The maximum atomic E-state index is 12.9. The van der Waals surface area contributed by atoms with E-state index in [1.807, 2.05) is 66.7 Å². The molecule has 0 aromatic heterocycles. The van der Waals surface area contributed by atoms with Crippen molar-refractivity contribution in [2.75, 3.05) is 6.54 Å². The fourth-order valence-electron chi connectivity index (χ4n) is 4.65. The number of nitrogens with two attached hydrogens (primary N) is 2. The first-order valence-electron chi connectivity index (χ1n) is 12.2. The summed E-state index contributed by atoms with van der Waals surface area (Å²) < 4.78 is 0. The third kappa shape index (κ3) is 6.84. The van der Waals surface area contributed by atoms with Crippen LogP contribution in [0.2, 0.25) is 0 Å². The summed E-state index contributed by atoms with van der Waals surface area (Å²) in [7, 11) is 0. The van der Waals surface area contributed by atoms with Gasteiger partial charge in [0.1, 0.15) is 11.6 Å². The molecule has 0 saturated carbocycles. The number of nitrogens with zero attached hydrogens (tertiary/aromatic N) is 1. The maximum Gasteiger partial charge on any atom is 0.235 e. The second-order valence-corrected chi connectivity index (χ2v) is 9.21. The van der Waals surface area contributed by atoms with Gasteiger partial charge in [0.2, 0.25) is 5.91 Å². The van der Waals surface area contributed by atoms with Gasteiger partial charge in [-0.15, -0.1) is 0 Å². The molecule has 4 aromatic carbocycles. The maximum absolute atomic E-state index is 12.9. The minimum Gasteiger partial charge on any atom is -0.508 e. The van der Waals surface area contributed by atoms with Crippen LogP contribution in [0.15, 0.2) is 109 Å². The van der Waals surface area contributed by atoms with Crippen molar-refractivity contribution in [3.8, 4) is 5.75 Å². The van der Waals surface area contributed by atoms with E-state index in [1.165, 1.54) is 0 Å². The highest BCUT2D eigenvalue weighted by Crippen LogP contribution is 2.28. The Morgan fingerprint density at radius 2 is 1.38 bits per heavy atom. The number of amides is 1. The summed E-state index contributed by atoms with van der Waals surface area (Å²) in [4.78, 5) is 15.0. The molecule has 6 N–H and O–H groups in total. The Bertz CT molecular complexity index is 1280. The minimum absolute atomic E-state index is 0.00455. The first-order valence-corrected chi connectivity index (χ1v) is 12.2. The summed E-state index contributed by atoms with van der Waals surface area (Å²) in [5, 5.41) is 17.6. The molecule has 0 heterocycles. The zero-order valence-corrected chi connectivity index (χ0v) is 20.6. The van der Waals surface area contributed by atoms with E-state index in [1.54, 1.807) is 18.2 Å². The van der Waals surface area contributed by atoms with E-state index in [-0.39, 0.29) is 17.5 Å². The van der Waals surface area contributed by atoms with Gasteiger partial charge in [0.25, 0.3) is 0 Å². The van der Waals surface area contributed by atoms with E-state index in [2.05, 4.69) is 29.2 Å². The number of phenols is 1. The largest absolute Gasteiger partial charge is 0.508 e. The summed E-state index contributed by atoms with van der Waals surface area (Å²) in [6.07, 6.45) is 0.380. The molecule has 0 radical (unpaired) electrons. The molecule has 4 rings (SSSR count). The molecule has 0 unspecified atom stereocenters. The fraction of sp³-hybridized carbons (Fsp3) is 0.161. The highest BCUT2D eigenvalue weighted by molar-refractivity contribution is 5.95. The smallest absolute Gasteiger partial charge is 0.235 e. The molecule has 0 aliphatic rings. The number of nitrogen functional groups attached to an aromatic ring is 1. The van der Waals surface area contributed by atoms with Crippen molar-refractivity contribution in [1.82, 2.24) is 4.90 Å². The zero-order valence-electron chi connectivity index (χ0n) is 20.6. The number of carbonyl (C=O) groups excluding carboxylic acids is 1. The second-order valence-electron chi connectivity index (χ2n) is 9.21. The highest BCUT2D eigenvalue weighted by Gasteiger charge is 2.28. The lowest BCUT2D eigenvalue weighted by atomic mass is 9.89. The van der Waals surface area contributed by atoms with Gasteiger partial charge in [-0.25, -0.2) is 0 Å². The van der Waals surface area contributed by atoms with Crippen molar-refractivity contribution in [3.05, 3.63) is 137 Å². The first-order chi connectivity index (χ1) is 17.9. The standard InChI is InChI=1S/C31H32N4O2/c32-30(33)26-13-7-8-23(18-26)19-29(31(34)37)35(20-22-14-16-27(36)17-15-22)21-28(24-9-3-1-4-10-24)25-11-5-2-6-12-25/h1-18,28-29,36H,19-21H2,(H3,32,33)(H2,34,37)/t29-/m1/s1. The predicted molar refractivity (Wildman–Crippen MR) is 147 cm³/mol. The van der Waals surface area contributed by atoms with Crippen LogP contribution in [0.1, 0.15) is 33.7 Å². The third-order valence-corrected chi connectivity index (χ3v) is 6.58. The number of nitrogens with one attached hydrogen (secondary N) is 1. The molecular formula is C31H32N4O2. The summed E-state index contributed by atoms with van der Waals surface area (Å²) >= 11 is 0. The van der Waals surface area contributed by atoms with Crippen molar-refractivity contribution in [2.24, 2.45) is 11.5 Å². The van der Waals surface area contributed by atoms with Crippen LogP contribution in [-0.4, -0.2) is 34.3 Å². The minimum atomic E-state index is -0.606. The predicted octanol–water partition coefficient (Wildman–Crippen LogP) is 4.41. The molecule has 188 valence electrons. The molecule has 1 amide bonds. The molecular weight excluding hydrogens is 460 g/mol. The number of rotatable bonds is 11. The van der Waals surface area contributed by atoms with Crippen molar-refractivity contribution in [2.45, 2.75) is 24.9 Å². The molecule has 0 saturated heterocycles. The molecule has 0 aliphatic heterocycles. The van der Waals surface area contributed by atoms with E-state index in [0.717, 1.165) is 22.3 Å². The van der Waals surface area contributed by atoms with Crippen LogP contribution in [0.4, 0.5) is 0 Å². The van der Waals surface area contributed by atoms with Crippen molar-refractivity contribution < 1.29 is 9.90 Å². The summed E-state index contributed by atoms with van der Waals surface area (Å²) in [6, 6.07) is 34.3. The van der Waals surface area contributed by atoms with Crippen LogP contribution < -0.4 is 11.5 Å². The van der Waals surface area contributed by atoms with Crippen molar-refractivity contribution in [1.29, 1.82) is 5.41 Å². The Hall–Kier alpha value is -4.42. The lowest BCUT2D eigenvalue weighted by molar-refractivity contribution is -0.123. The van der Waals surface area contributed by atoms with Gasteiger partial charge in [0.05, 0.1) is 6.04 Å². The molecule has 37 heavy (non-hydrogen) atoms. The topological polar surface area (TPSA) is 116 Å². The summed E-state index contributed by atoms with van der Waals surface area (Å²) in [5.41, 5.74) is 16.5. The van der Waals surface area contributed by atoms with Crippen LogP contribution in [0, 0.1) is 5.41 Å². The van der Waals surface area contributed by atoms with E-state index in [4.69, 9.17) is 16.9 Å². The van der Waals surface area contributed by atoms with Crippen LogP contribution >= 0.6 is 0 Å². The Kier molecular flexibility index (Phi) is 8.33. The Labute approximate surface area is 217 Å². The van der Waals surface area contributed by atoms with Crippen molar-refractivity contribution >= 4 is 11.7 Å². The summed E-state index contributed by atoms with van der Waals surface area (Å²) in [5.74, 6) is -0.252. The molecule has 4 aromatic rings. The van der Waals surface area contributed by atoms with Crippen LogP contribution in [0.5, 0.6) is 5.75 Å². The third-order valence-electron chi connectivity index (χ3n) is 6.58. The van der Waals surface area contributed by atoms with E-state index < -0.39 is 11.9 Å². The van der Waals surface area contributed by atoms with Crippen LogP contribution in [0.3, 0.4) is 0 Å². The average Bonchev–Trinajstić information content (AvgIpc) is 2.92. The monoisotopic (exact) mass is 492 g/mol. The van der Waals surface area contributed by atoms with Gasteiger partial charge in [-0.3, -0.25) is 15.1 Å². The lowest BCUT2D eigenvalue weighted by Gasteiger charge is -2.33. The molecule has 0 aliphatic carbocycles. The SMILES string of the molecule is N=C(N)c1cccc(C[C@H](C(N)=O)N(Cc2ccc(O)cc2)CC(c2ccccc2)c2ccccc2)c1. The Morgan fingerprint density at radius 3 is 1.92 bits per heavy atom. The van der Waals surface area contributed by atoms with E-state index in [9.17, 15) is 9.90 Å². The van der Waals surface area contributed by atoms with Gasteiger partial charge in [-0.05, 0) is 46.9 Å². The lowest BCUT2D eigenvalue weighted by Crippen LogP contribution is -2.47.